The molecule has 0 radical (unpaired) electrons. The number of ether oxygens (including phenoxy) is 1. The van der Waals surface area contributed by atoms with Gasteiger partial charge < -0.3 is 14.2 Å². The van der Waals surface area contributed by atoms with Crippen LogP contribution in [0.25, 0.3) is 0 Å². The molecule has 1 saturated heterocycles. The molecule has 2 rings (SSSR count). The maximum atomic E-state index is 12.7. The first-order valence-electron chi connectivity index (χ1n) is 9.68. The third kappa shape index (κ3) is 6.70. The zero-order valence-electron chi connectivity index (χ0n) is 17.5. The predicted octanol–water partition coefficient (Wildman–Crippen LogP) is 4.43. The second kappa shape index (κ2) is 8.84. The van der Waals surface area contributed by atoms with E-state index in [-0.39, 0.29) is 16.9 Å². The number of carbonyl (C=O) groups excluding carboxylic acids is 1. The molecule has 0 bridgehead atoms. The van der Waals surface area contributed by atoms with Gasteiger partial charge in [-0.15, -0.1) is 4.72 Å². The summed E-state index contributed by atoms with van der Waals surface area (Å²) in [5, 5.41) is 0. The minimum Gasteiger partial charge on any atom is -0.598 e. The molecule has 5 nitrogen and oxygen atoms in total. The lowest BCUT2D eigenvalue weighted by Gasteiger charge is -2.38. The average molecular weight is 395 g/mol. The Kier molecular flexibility index (Phi) is 7.22. The molecule has 152 valence electrons. The minimum atomic E-state index is -1.16. The van der Waals surface area contributed by atoms with Gasteiger partial charge in [-0.05, 0) is 65.9 Å². The van der Waals surface area contributed by atoms with E-state index >= 15 is 0 Å². The van der Waals surface area contributed by atoms with Crippen molar-refractivity contribution in [1.82, 2.24) is 9.62 Å². The Morgan fingerprint density at radius 2 is 1.70 bits per heavy atom. The predicted molar refractivity (Wildman–Crippen MR) is 111 cm³/mol. The summed E-state index contributed by atoms with van der Waals surface area (Å²) in [4.78, 5) is 14.1. The van der Waals surface area contributed by atoms with E-state index in [1.165, 1.54) is 0 Å². The topological polar surface area (TPSA) is 64.6 Å². The molecule has 27 heavy (non-hydrogen) atoms. The Labute approximate surface area is 167 Å². The molecular weight excluding hydrogens is 360 g/mol. The van der Waals surface area contributed by atoms with E-state index in [4.69, 9.17) is 4.74 Å². The number of piperidine rings is 1. The van der Waals surface area contributed by atoms with Crippen molar-refractivity contribution >= 4 is 17.5 Å². The molecule has 6 heteroatoms. The summed E-state index contributed by atoms with van der Waals surface area (Å²) < 4.78 is 21.3. The van der Waals surface area contributed by atoms with Gasteiger partial charge in [-0.2, -0.15) is 0 Å². The number of nitrogens with zero attached hydrogens (tertiary/aromatic N) is 1. The molecule has 0 aromatic heterocycles. The summed E-state index contributed by atoms with van der Waals surface area (Å²) in [7, 11) is 0. The zero-order chi connectivity index (χ0) is 20.2. The van der Waals surface area contributed by atoms with Crippen molar-refractivity contribution in [1.29, 1.82) is 0 Å². The van der Waals surface area contributed by atoms with Crippen LogP contribution in [-0.4, -0.2) is 39.0 Å². The molecule has 0 saturated carbocycles. The third-order valence-electron chi connectivity index (χ3n) is 4.61. The molecule has 1 amide bonds. The Morgan fingerprint density at radius 1 is 1.15 bits per heavy atom. The normalized spacial score (nSPS) is 18.9. The van der Waals surface area contributed by atoms with E-state index in [0.717, 1.165) is 18.4 Å². The summed E-state index contributed by atoms with van der Waals surface area (Å²) in [6.45, 7) is 12.9. The molecule has 1 aromatic rings. The minimum absolute atomic E-state index is 0.00652. The first kappa shape index (κ1) is 22.1. The second-order valence-electron chi connectivity index (χ2n) is 9.19. The van der Waals surface area contributed by atoms with Crippen molar-refractivity contribution in [3.63, 3.8) is 0 Å². The Hall–Kier alpha value is -1.24. The van der Waals surface area contributed by atoms with Crippen molar-refractivity contribution in [2.75, 3.05) is 13.1 Å². The zero-order valence-corrected chi connectivity index (χ0v) is 18.3. The van der Waals surface area contributed by atoms with Gasteiger partial charge in [0.25, 0.3) is 0 Å². The standard InChI is InChI=1S/C21H34N2O3S/c1-20(2,3)26-19(24)23-14-12-17(13-15-23)18(16-10-8-7-9-11-16)22-27(25)21(4,5)6/h7-11,17-18,22H,12-15H2,1-6H3/t18-,27+/m0/s1. The summed E-state index contributed by atoms with van der Waals surface area (Å²) in [5.74, 6) is 0.317. The molecule has 0 unspecified atom stereocenters. The van der Waals surface area contributed by atoms with Gasteiger partial charge in [-0.25, -0.2) is 4.79 Å². The van der Waals surface area contributed by atoms with Crippen LogP contribution in [0.4, 0.5) is 4.79 Å². The highest BCUT2D eigenvalue weighted by atomic mass is 32.2. The van der Waals surface area contributed by atoms with E-state index in [1.54, 1.807) is 4.90 Å². The van der Waals surface area contributed by atoms with Gasteiger partial charge >= 0.3 is 6.09 Å². The fourth-order valence-electron chi connectivity index (χ4n) is 3.13. The monoisotopic (exact) mass is 394 g/mol. The number of hydrogen-bond donors (Lipinski definition) is 1. The lowest BCUT2D eigenvalue weighted by atomic mass is 9.86. The molecule has 2 atom stereocenters. The van der Waals surface area contributed by atoms with Crippen molar-refractivity contribution in [3.8, 4) is 0 Å². The summed E-state index contributed by atoms with van der Waals surface area (Å²) in [6.07, 6.45) is 1.46. The van der Waals surface area contributed by atoms with Crippen LogP contribution < -0.4 is 4.72 Å². The van der Waals surface area contributed by atoms with Gasteiger partial charge in [0.05, 0.1) is 6.04 Å². The summed E-state index contributed by atoms with van der Waals surface area (Å²) in [5.41, 5.74) is 0.664. The van der Waals surface area contributed by atoms with E-state index < -0.39 is 17.0 Å². The van der Waals surface area contributed by atoms with Gasteiger partial charge in [-0.3, -0.25) is 0 Å². The summed E-state index contributed by atoms with van der Waals surface area (Å²) in [6, 6.07) is 10.2. The van der Waals surface area contributed by atoms with Crippen molar-refractivity contribution in [3.05, 3.63) is 35.9 Å². The van der Waals surface area contributed by atoms with Gasteiger partial charge in [0.15, 0.2) is 0 Å². The van der Waals surface area contributed by atoms with Gasteiger partial charge in [0.2, 0.25) is 0 Å². The Balaban J connectivity index is 2.06. The number of amides is 1. The van der Waals surface area contributed by atoms with Gasteiger partial charge in [0, 0.05) is 24.5 Å². The van der Waals surface area contributed by atoms with Crippen LogP contribution in [0.3, 0.4) is 0 Å². The maximum absolute atomic E-state index is 12.7. The molecule has 1 heterocycles. The third-order valence-corrected chi connectivity index (χ3v) is 6.19. The number of likely N-dealkylation sites (tertiary alicyclic amines) is 1. The first-order valence-corrected chi connectivity index (χ1v) is 10.8. The fraction of sp³-hybridized carbons (Fsp3) is 0.667. The number of rotatable bonds is 4. The van der Waals surface area contributed by atoms with Crippen LogP contribution in [0.1, 0.15) is 66.0 Å². The molecule has 0 spiro atoms. The van der Waals surface area contributed by atoms with Crippen LogP contribution in [-0.2, 0) is 16.1 Å². The number of nitrogens with one attached hydrogen (secondary N) is 1. The quantitative estimate of drug-likeness (QED) is 0.768. The first-order chi connectivity index (χ1) is 12.5. The molecule has 0 aliphatic carbocycles. The molecule has 1 aliphatic heterocycles. The molecule has 1 N–H and O–H groups in total. The second-order valence-corrected chi connectivity index (χ2v) is 11.2. The van der Waals surface area contributed by atoms with Crippen molar-refractivity contribution in [2.24, 2.45) is 5.92 Å². The lowest BCUT2D eigenvalue weighted by Crippen LogP contribution is -2.47. The van der Waals surface area contributed by atoms with E-state index in [0.29, 0.717) is 19.0 Å². The lowest BCUT2D eigenvalue weighted by molar-refractivity contribution is 0.0172. The molecule has 1 fully saturated rings. The largest absolute Gasteiger partial charge is 0.598 e. The van der Waals surface area contributed by atoms with Crippen LogP contribution in [0.15, 0.2) is 30.3 Å². The van der Waals surface area contributed by atoms with Crippen LogP contribution in [0, 0.1) is 5.92 Å². The molecule has 1 aliphatic rings. The Bertz CT molecular complexity index is 602. The Morgan fingerprint density at radius 3 is 2.19 bits per heavy atom. The van der Waals surface area contributed by atoms with Crippen LogP contribution in [0.2, 0.25) is 0 Å². The number of hydrogen-bond acceptors (Lipinski definition) is 4. The highest BCUT2D eigenvalue weighted by molar-refractivity contribution is 7.90. The number of carbonyl (C=O) groups is 1. The fourth-order valence-corrected chi connectivity index (χ4v) is 4.04. The average Bonchev–Trinajstić information content (AvgIpc) is 2.58. The van der Waals surface area contributed by atoms with Crippen molar-refractivity contribution in [2.45, 2.75) is 70.8 Å². The van der Waals surface area contributed by atoms with E-state index in [1.807, 2.05) is 59.7 Å². The van der Waals surface area contributed by atoms with Crippen molar-refractivity contribution < 1.29 is 14.1 Å². The van der Waals surface area contributed by atoms with Crippen LogP contribution in [0.5, 0.6) is 0 Å². The molecular formula is C21H34N2O3S. The number of benzene rings is 1. The SMILES string of the molecule is CC(C)(C)OC(=O)N1CCC([C@@H](N[S@+]([O-])C(C)(C)C)c2ccccc2)CC1. The van der Waals surface area contributed by atoms with Gasteiger partial charge in [-0.1, -0.05) is 30.3 Å². The van der Waals surface area contributed by atoms with E-state index in [9.17, 15) is 9.35 Å². The highest BCUT2D eigenvalue weighted by Gasteiger charge is 2.36. The highest BCUT2D eigenvalue weighted by Crippen LogP contribution is 2.33. The smallest absolute Gasteiger partial charge is 0.410 e. The van der Waals surface area contributed by atoms with Crippen LogP contribution >= 0.6 is 0 Å². The maximum Gasteiger partial charge on any atom is 0.410 e. The van der Waals surface area contributed by atoms with E-state index in [2.05, 4.69) is 16.9 Å². The summed E-state index contributed by atoms with van der Waals surface area (Å²) >= 11 is -1.16. The van der Waals surface area contributed by atoms with Gasteiger partial charge in [0.1, 0.15) is 10.3 Å². The molecule has 1 aromatic carbocycles.